The summed E-state index contributed by atoms with van der Waals surface area (Å²) in [6, 6.07) is 0. The SMILES string of the molecule is C=[N+]1CCC2CCC2C1. The van der Waals surface area contributed by atoms with Crippen LogP contribution in [0.2, 0.25) is 0 Å². The molecule has 2 atom stereocenters. The molecule has 0 aromatic rings. The highest BCUT2D eigenvalue weighted by molar-refractivity contribution is 5.14. The lowest BCUT2D eigenvalue weighted by molar-refractivity contribution is -0.547. The Kier molecular flexibility index (Phi) is 1.11. The molecule has 1 saturated heterocycles. The van der Waals surface area contributed by atoms with Crippen LogP contribution in [-0.4, -0.2) is 24.4 Å². The molecule has 50 valence electrons. The van der Waals surface area contributed by atoms with Crippen molar-refractivity contribution in [3.05, 3.63) is 0 Å². The van der Waals surface area contributed by atoms with Gasteiger partial charge >= 0.3 is 0 Å². The van der Waals surface area contributed by atoms with Crippen LogP contribution in [0.15, 0.2) is 0 Å². The van der Waals surface area contributed by atoms with Gasteiger partial charge in [-0.3, -0.25) is 0 Å². The number of nitrogens with zero attached hydrogens (tertiary/aromatic N) is 1. The minimum atomic E-state index is 1.02. The minimum Gasteiger partial charge on any atom is -0.242 e. The topological polar surface area (TPSA) is 3.01 Å². The van der Waals surface area contributed by atoms with E-state index in [2.05, 4.69) is 11.3 Å². The number of rotatable bonds is 0. The van der Waals surface area contributed by atoms with Gasteiger partial charge < -0.3 is 0 Å². The van der Waals surface area contributed by atoms with Crippen molar-refractivity contribution in [2.24, 2.45) is 11.8 Å². The Labute approximate surface area is 56.4 Å². The minimum absolute atomic E-state index is 1.02. The third-order valence-electron chi connectivity index (χ3n) is 2.88. The highest BCUT2D eigenvalue weighted by Crippen LogP contribution is 2.38. The highest BCUT2D eigenvalue weighted by atomic mass is 15.0. The third kappa shape index (κ3) is 0.790. The summed E-state index contributed by atoms with van der Waals surface area (Å²) in [5.74, 6) is 2.11. The molecule has 2 fully saturated rings. The number of piperidine rings is 1. The molecule has 0 aromatic heterocycles. The first-order chi connectivity index (χ1) is 4.36. The first-order valence-electron chi connectivity index (χ1n) is 3.92. The van der Waals surface area contributed by atoms with Crippen molar-refractivity contribution in [3.63, 3.8) is 0 Å². The molecular weight excluding hydrogens is 110 g/mol. The zero-order valence-corrected chi connectivity index (χ0v) is 5.84. The largest absolute Gasteiger partial charge is 0.242 e. The molecule has 0 N–H and O–H groups in total. The van der Waals surface area contributed by atoms with Gasteiger partial charge in [-0.05, 0) is 18.8 Å². The van der Waals surface area contributed by atoms with Crippen LogP contribution < -0.4 is 0 Å². The van der Waals surface area contributed by atoms with E-state index in [4.69, 9.17) is 0 Å². The maximum absolute atomic E-state index is 3.95. The molecule has 0 aromatic carbocycles. The molecule has 1 heterocycles. The fourth-order valence-corrected chi connectivity index (χ4v) is 2.03. The number of fused-ring (bicyclic) bond motifs is 1. The van der Waals surface area contributed by atoms with Crippen LogP contribution in [0.1, 0.15) is 19.3 Å². The molecule has 2 rings (SSSR count). The summed E-state index contributed by atoms with van der Waals surface area (Å²) in [5, 5.41) is 0. The van der Waals surface area contributed by atoms with E-state index in [0.717, 1.165) is 11.8 Å². The Balaban J connectivity index is 1.99. The molecule has 1 aliphatic heterocycles. The Bertz CT molecular complexity index is 140. The van der Waals surface area contributed by atoms with E-state index < -0.39 is 0 Å². The van der Waals surface area contributed by atoms with Crippen molar-refractivity contribution >= 4 is 6.72 Å². The fourth-order valence-electron chi connectivity index (χ4n) is 2.03. The lowest BCUT2D eigenvalue weighted by atomic mass is 9.70. The molecular formula is C8H14N+. The predicted octanol–water partition coefficient (Wildman–Crippen LogP) is 1.13. The average Bonchev–Trinajstić information content (AvgIpc) is 1.78. The van der Waals surface area contributed by atoms with E-state index in [-0.39, 0.29) is 0 Å². The van der Waals surface area contributed by atoms with Gasteiger partial charge in [0.05, 0.1) is 0 Å². The Morgan fingerprint density at radius 3 is 2.33 bits per heavy atom. The Hall–Kier alpha value is -0.330. The summed E-state index contributed by atoms with van der Waals surface area (Å²) in [4.78, 5) is 0. The maximum Gasteiger partial charge on any atom is 0.145 e. The summed E-state index contributed by atoms with van der Waals surface area (Å²) in [5.41, 5.74) is 0. The number of hydrogen-bond donors (Lipinski definition) is 0. The molecule has 1 aliphatic carbocycles. The van der Waals surface area contributed by atoms with Crippen LogP contribution in [-0.2, 0) is 0 Å². The van der Waals surface area contributed by atoms with Gasteiger partial charge in [0.15, 0.2) is 0 Å². The van der Waals surface area contributed by atoms with Crippen LogP contribution in [0.3, 0.4) is 0 Å². The van der Waals surface area contributed by atoms with E-state index in [9.17, 15) is 0 Å². The molecule has 1 saturated carbocycles. The molecule has 0 amide bonds. The van der Waals surface area contributed by atoms with Crippen molar-refractivity contribution < 1.29 is 4.58 Å². The molecule has 1 nitrogen and oxygen atoms in total. The molecule has 0 spiro atoms. The second kappa shape index (κ2) is 1.83. The first-order valence-corrected chi connectivity index (χ1v) is 3.92. The van der Waals surface area contributed by atoms with Crippen LogP contribution in [0.25, 0.3) is 0 Å². The normalized spacial score (nSPS) is 41.6. The Morgan fingerprint density at radius 1 is 1.11 bits per heavy atom. The molecule has 0 bridgehead atoms. The van der Waals surface area contributed by atoms with E-state index in [1.165, 1.54) is 32.4 Å². The maximum atomic E-state index is 3.95. The van der Waals surface area contributed by atoms with Crippen molar-refractivity contribution in [1.82, 2.24) is 0 Å². The van der Waals surface area contributed by atoms with Gasteiger partial charge in [-0.25, -0.2) is 4.58 Å². The second-order valence-corrected chi connectivity index (χ2v) is 3.46. The summed E-state index contributed by atoms with van der Waals surface area (Å²) in [6.07, 6.45) is 4.38. The standard InChI is InChI=1S/C8H14N/c1-9-5-4-7-2-3-8(7)6-9/h7-8H,1-6H2/q+1. The van der Waals surface area contributed by atoms with E-state index in [1.807, 2.05) is 0 Å². The molecule has 0 radical (unpaired) electrons. The third-order valence-corrected chi connectivity index (χ3v) is 2.88. The van der Waals surface area contributed by atoms with Gasteiger partial charge in [-0.15, -0.1) is 0 Å². The van der Waals surface area contributed by atoms with Gasteiger partial charge in [0.2, 0.25) is 0 Å². The van der Waals surface area contributed by atoms with Crippen LogP contribution >= 0.6 is 0 Å². The van der Waals surface area contributed by atoms with Crippen LogP contribution in [0.4, 0.5) is 0 Å². The highest BCUT2D eigenvalue weighted by Gasteiger charge is 2.37. The van der Waals surface area contributed by atoms with Gasteiger partial charge in [-0.2, -0.15) is 0 Å². The smallest absolute Gasteiger partial charge is 0.145 e. The van der Waals surface area contributed by atoms with E-state index >= 15 is 0 Å². The monoisotopic (exact) mass is 124 g/mol. The van der Waals surface area contributed by atoms with Crippen LogP contribution in [0.5, 0.6) is 0 Å². The zero-order valence-electron chi connectivity index (χ0n) is 5.84. The van der Waals surface area contributed by atoms with Gasteiger partial charge in [0, 0.05) is 12.3 Å². The quantitative estimate of drug-likeness (QED) is 0.426. The van der Waals surface area contributed by atoms with Crippen molar-refractivity contribution in [1.29, 1.82) is 0 Å². The van der Waals surface area contributed by atoms with Gasteiger partial charge in [-0.1, -0.05) is 0 Å². The summed E-state index contributed by atoms with van der Waals surface area (Å²) in [6.45, 7) is 6.46. The molecule has 1 heteroatoms. The predicted molar refractivity (Wildman–Crippen MR) is 37.9 cm³/mol. The van der Waals surface area contributed by atoms with Crippen molar-refractivity contribution in [3.8, 4) is 0 Å². The summed E-state index contributed by atoms with van der Waals surface area (Å²) in [7, 11) is 0. The van der Waals surface area contributed by atoms with E-state index in [0.29, 0.717) is 0 Å². The molecule has 9 heavy (non-hydrogen) atoms. The fraction of sp³-hybridized carbons (Fsp3) is 0.875. The lowest BCUT2D eigenvalue weighted by Crippen LogP contribution is -2.40. The second-order valence-electron chi connectivity index (χ2n) is 3.46. The summed E-state index contributed by atoms with van der Waals surface area (Å²) >= 11 is 0. The zero-order chi connectivity index (χ0) is 6.27. The van der Waals surface area contributed by atoms with Gasteiger partial charge in [0.1, 0.15) is 19.8 Å². The Morgan fingerprint density at radius 2 is 1.89 bits per heavy atom. The first kappa shape index (κ1) is 5.45. The lowest BCUT2D eigenvalue weighted by Gasteiger charge is -2.37. The van der Waals surface area contributed by atoms with E-state index in [1.54, 1.807) is 0 Å². The molecule has 2 unspecified atom stereocenters. The van der Waals surface area contributed by atoms with Crippen molar-refractivity contribution in [2.45, 2.75) is 19.3 Å². The van der Waals surface area contributed by atoms with Crippen LogP contribution in [0, 0.1) is 11.8 Å². The number of hydrogen-bond acceptors (Lipinski definition) is 0. The molecule has 2 aliphatic rings. The van der Waals surface area contributed by atoms with Gasteiger partial charge in [0.25, 0.3) is 0 Å². The average molecular weight is 124 g/mol. The van der Waals surface area contributed by atoms with Crippen molar-refractivity contribution in [2.75, 3.05) is 13.1 Å². The summed E-state index contributed by atoms with van der Waals surface area (Å²) < 4.78 is 2.22.